The second kappa shape index (κ2) is 9.37. The number of anilines is 1. The number of ether oxygens (including phenoxy) is 1. The highest BCUT2D eigenvalue weighted by molar-refractivity contribution is 6.06. The third-order valence-electron chi connectivity index (χ3n) is 4.19. The van der Waals surface area contributed by atoms with Gasteiger partial charge in [-0.2, -0.15) is 0 Å². The van der Waals surface area contributed by atoms with Gasteiger partial charge in [-0.25, -0.2) is 0 Å². The Labute approximate surface area is 163 Å². The van der Waals surface area contributed by atoms with E-state index in [9.17, 15) is 9.59 Å². The van der Waals surface area contributed by atoms with Gasteiger partial charge in [0, 0.05) is 17.8 Å². The van der Waals surface area contributed by atoms with Crippen molar-refractivity contribution in [1.82, 2.24) is 0 Å². The van der Waals surface area contributed by atoms with Gasteiger partial charge < -0.3 is 14.7 Å². The summed E-state index contributed by atoms with van der Waals surface area (Å²) >= 11 is 0. The summed E-state index contributed by atoms with van der Waals surface area (Å²) in [4.78, 5) is 25.5. The molecule has 0 aliphatic heterocycles. The second-order valence-corrected chi connectivity index (χ2v) is 6.24. The van der Waals surface area contributed by atoms with Gasteiger partial charge in [0.05, 0.1) is 6.42 Å². The monoisotopic (exact) mass is 375 g/mol. The lowest BCUT2D eigenvalue weighted by Gasteiger charge is -2.22. The van der Waals surface area contributed by atoms with Crippen LogP contribution in [0.15, 0.2) is 84.9 Å². The Balaban J connectivity index is 1.77. The lowest BCUT2D eigenvalue weighted by Crippen LogP contribution is -2.33. The van der Waals surface area contributed by atoms with Crippen molar-refractivity contribution in [1.29, 1.82) is 0 Å². The molecule has 1 amide bonds. The first-order chi connectivity index (χ1) is 13.6. The number of para-hydroxylation sites is 1. The smallest absolute Gasteiger partial charge is 0.305 e. The number of hydrogen-bond acceptors (Lipinski definition) is 3. The fourth-order valence-corrected chi connectivity index (χ4v) is 2.78. The van der Waals surface area contributed by atoms with E-state index in [4.69, 9.17) is 9.84 Å². The summed E-state index contributed by atoms with van der Waals surface area (Å²) in [6.45, 7) is 0.493. The quantitative estimate of drug-likeness (QED) is 0.634. The van der Waals surface area contributed by atoms with Gasteiger partial charge in [-0.15, -0.1) is 0 Å². The molecule has 0 aliphatic rings. The number of carboxylic acid groups (broad SMARTS) is 1. The molecule has 0 saturated carbocycles. The molecule has 0 unspecified atom stereocenters. The molecule has 0 atom stereocenters. The predicted octanol–water partition coefficient (Wildman–Crippen LogP) is 4.39. The SMILES string of the molecule is O=C(O)CCN(C(=O)c1cccc(OCc2ccccc2)c1)c1ccccc1. The van der Waals surface area contributed by atoms with Crippen molar-refractivity contribution in [2.45, 2.75) is 13.0 Å². The van der Waals surface area contributed by atoms with Gasteiger partial charge in [-0.1, -0.05) is 54.6 Å². The van der Waals surface area contributed by atoms with Gasteiger partial charge in [-0.05, 0) is 35.9 Å². The van der Waals surface area contributed by atoms with Crippen molar-refractivity contribution in [2.24, 2.45) is 0 Å². The molecule has 0 fully saturated rings. The summed E-state index contributed by atoms with van der Waals surface area (Å²) < 4.78 is 5.80. The third kappa shape index (κ3) is 5.20. The number of benzene rings is 3. The van der Waals surface area contributed by atoms with Crippen molar-refractivity contribution in [3.8, 4) is 5.75 Å². The summed E-state index contributed by atoms with van der Waals surface area (Å²) in [7, 11) is 0. The second-order valence-electron chi connectivity index (χ2n) is 6.24. The van der Waals surface area contributed by atoms with Crippen LogP contribution in [0.3, 0.4) is 0 Å². The molecule has 0 radical (unpaired) electrons. The van der Waals surface area contributed by atoms with E-state index < -0.39 is 5.97 Å². The molecule has 5 nitrogen and oxygen atoms in total. The van der Waals surface area contributed by atoms with E-state index >= 15 is 0 Å². The number of rotatable bonds is 8. The van der Waals surface area contributed by atoms with E-state index in [-0.39, 0.29) is 18.9 Å². The fourth-order valence-electron chi connectivity index (χ4n) is 2.78. The molecule has 0 bridgehead atoms. The molecule has 0 heterocycles. The van der Waals surface area contributed by atoms with Crippen molar-refractivity contribution in [2.75, 3.05) is 11.4 Å². The minimum Gasteiger partial charge on any atom is -0.489 e. The molecule has 3 aromatic carbocycles. The first-order valence-electron chi connectivity index (χ1n) is 8.99. The number of hydrogen-bond donors (Lipinski definition) is 1. The van der Waals surface area contributed by atoms with Gasteiger partial charge in [0.2, 0.25) is 0 Å². The van der Waals surface area contributed by atoms with Gasteiger partial charge in [0.25, 0.3) is 5.91 Å². The number of carbonyl (C=O) groups is 2. The maximum atomic E-state index is 13.1. The van der Waals surface area contributed by atoms with E-state index in [1.165, 1.54) is 4.90 Å². The molecule has 28 heavy (non-hydrogen) atoms. The Bertz CT molecular complexity index is 926. The van der Waals surface area contributed by atoms with Gasteiger partial charge in [-0.3, -0.25) is 9.59 Å². The summed E-state index contributed by atoms with van der Waals surface area (Å²) in [6, 6.07) is 25.8. The first kappa shape index (κ1) is 19.2. The molecule has 3 aromatic rings. The minimum absolute atomic E-state index is 0.0906. The molecule has 0 saturated heterocycles. The third-order valence-corrected chi connectivity index (χ3v) is 4.19. The zero-order chi connectivity index (χ0) is 19.8. The highest BCUT2D eigenvalue weighted by Crippen LogP contribution is 2.21. The Morgan fingerprint density at radius 2 is 1.54 bits per heavy atom. The van der Waals surface area contributed by atoms with Crippen molar-refractivity contribution in [3.63, 3.8) is 0 Å². The molecule has 3 rings (SSSR count). The lowest BCUT2D eigenvalue weighted by atomic mass is 10.1. The Hall–Kier alpha value is -3.60. The largest absolute Gasteiger partial charge is 0.489 e. The van der Waals surface area contributed by atoms with E-state index in [1.807, 2.05) is 48.5 Å². The molecule has 1 N–H and O–H groups in total. The molecule has 5 heteroatoms. The van der Waals surface area contributed by atoms with E-state index in [1.54, 1.807) is 36.4 Å². The lowest BCUT2D eigenvalue weighted by molar-refractivity contribution is -0.136. The van der Waals surface area contributed by atoms with Crippen LogP contribution < -0.4 is 9.64 Å². The number of amides is 1. The zero-order valence-electron chi connectivity index (χ0n) is 15.3. The van der Waals surface area contributed by atoms with Crippen molar-refractivity contribution in [3.05, 3.63) is 96.1 Å². The van der Waals surface area contributed by atoms with Crippen LogP contribution in [0.5, 0.6) is 5.75 Å². The summed E-state index contributed by atoms with van der Waals surface area (Å²) in [6.07, 6.45) is -0.134. The standard InChI is InChI=1S/C23H21NO4/c25-22(26)14-15-24(20-11-5-2-6-12-20)23(27)19-10-7-13-21(16-19)28-17-18-8-3-1-4-9-18/h1-13,16H,14-15,17H2,(H,25,26). The highest BCUT2D eigenvalue weighted by atomic mass is 16.5. The minimum atomic E-state index is -0.950. The summed E-state index contributed by atoms with van der Waals surface area (Å²) in [5.74, 6) is -0.632. The average molecular weight is 375 g/mol. The number of aliphatic carboxylic acids is 1. The van der Waals surface area contributed by atoms with Crippen LogP contribution in [0.4, 0.5) is 5.69 Å². The van der Waals surface area contributed by atoms with E-state index in [0.29, 0.717) is 23.6 Å². The fraction of sp³-hybridized carbons (Fsp3) is 0.130. The predicted molar refractivity (Wildman–Crippen MR) is 108 cm³/mol. The molecule has 0 spiro atoms. The van der Waals surface area contributed by atoms with Gasteiger partial charge in [0.15, 0.2) is 0 Å². The number of carbonyl (C=O) groups excluding carboxylic acids is 1. The number of carboxylic acids is 1. The maximum absolute atomic E-state index is 13.1. The first-order valence-corrected chi connectivity index (χ1v) is 8.99. The normalized spacial score (nSPS) is 10.3. The molecular weight excluding hydrogens is 354 g/mol. The van der Waals surface area contributed by atoms with E-state index in [0.717, 1.165) is 5.56 Å². The van der Waals surface area contributed by atoms with Crippen LogP contribution in [-0.4, -0.2) is 23.5 Å². The van der Waals surface area contributed by atoms with Gasteiger partial charge in [0.1, 0.15) is 12.4 Å². The average Bonchev–Trinajstić information content (AvgIpc) is 2.74. The van der Waals surface area contributed by atoms with Crippen LogP contribution in [0.1, 0.15) is 22.3 Å². The Morgan fingerprint density at radius 1 is 0.857 bits per heavy atom. The van der Waals surface area contributed by atoms with Crippen LogP contribution in [0, 0.1) is 0 Å². The van der Waals surface area contributed by atoms with Crippen LogP contribution in [-0.2, 0) is 11.4 Å². The van der Waals surface area contributed by atoms with Gasteiger partial charge >= 0.3 is 5.97 Å². The van der Waals surface area contributed by atoms with Crippen molar-refractivity contribution < 1.29 is 19.4 Å². The highest BCUT2D eigenvalue weighted by Gasteiger charge is 2.19. The van der Waals surface area contributed by atoms with Crippen LogP contribution >= 0.6 is 0 Å². The van der Waals surface area contributed by atoms with Crippen LogP contribution in [0.2, 0.25) is 0 Å². The molecule has 0 aromatic heterocycles. The maximum Gasteiger partial charge on any atom is 0.305 e. The molecular formula is C23H21NO4. The number of nitrogens with zero attached hydrogens (tertiary/aromatic N) is 1. The molecule has 0 aliphatic carbocycles. The van der Waals surface area contributed by atoms with Crippen LogP contribution in [0.25, 0.3) is 0 Å². The van der Waals surface area contributed by atoms with E-state index in [2.05, 4.69) is 0 Å². The Kier molecular flexibility index (Phi) is 6.41. The topological polar surface area (TPSA) is 66.8 Å². The Morgan fingerprint density at radius 3 is 2.21 bits per heavy atom. The van der Waals surface area contributed by atoms with Crippen molar-refractivity contribution >= 4 is 17.6 Å². The molecule has 142 valence electrons. The summed E-state index contributed by atoms with van der Waals surface area (Å²) in [5.41, 5.74) is 2.13. The zero-order valence-corrected chi connectivity index (χ0v) is 15.3. The summed E-state index contributed by atoms with van der Waals surface area (Å²) in [5, 5.41) is 9.03.